The van der Waals surface area contributed by atoms with E-state index in [2.05, 4.69) is 0 Å². The van der Waals surface area contributed by atoms with Crippen LogP contribution in [0.15, 0.2) is 22.4 Å². The van der Waals surface area contributed by atoms with Crippen LogP contribution in [0.5, 0.6) is 0 Å². The van der Waals surface area contributed by atoms with Gasteiger partial charge in [0.15, 0.2) is 0 Å². The Morgan fingerprint density at radius 3 is 2.25 bits per heavy atom. The fourth-order valence-corrected chi connectivity index (χ4v) is 1.41. The van der Waals surface area contributed by atoms with Gasteiger partial charge in [0.2, 0.25) is 6.41 Å². The molecule has 0 aliphatic heterocycles. The molecule has 0 bridgehead atoms. The molecule has 0 unspecified atom stereocenters. The van der Waals surface area contributed by atoms with Crippen LogP contribution in [-0.4, -0.2) is 36.8 Å². The summed E-state index contributed by atoms with van der Waals surface area (Å²) in [5.74, 6) is 0. The number of aldehydes is 1. The molecule has 0 radical (unpaired) electrons. The van der Waals surface area contributed by atoms with Crippen LogP contribution in [-0.2, 0) is 9.59 Å². The van der Waals surface area contributed by atoms with Gasteiger partial charge in [0.1, 0.15) is 6.29 Å². The lowest BCUT2D eigenvalue weighted by Crippen LogP contribution is -2.06. The first-order valence-electron chi connectivity index (χ1n) is 4.86. The van der Waals surface area contributed by atoms with Gasteiger partial charge in [-0.05, 0) is 19.3 Å². The van der Waals surface area contributed by atoms with Crippen molar-refractivity contribution in [2.24, 2.45) is 0 Å². The smallest absolute Gasteiger partial charge is 0.209 e. The lowest BCUT2D eigenvalue weighted by atomic mass is 9.96. The zero-order valence-electron chi connectivity index (χ0n) is 9.44. The highest BCUT2D eigenvalue weighted by Crippen LogP contribution is 2.30. The minimum Gasteiger partial charge on any atom is -0.515 e. The van der Waals surface area contributed by atoms with Crippen LogP contribution in [0.1, 0.15) is 19.3 Å². The van der Waals surface area contributed by atoms with Gasteiger partial charge >= 0.3 is 0 Å². The topological polar surface area (TPSA) is 57.6 Å². The Labute approximate surface area is 100 Å². The Kier molecular flexibility index (Phi) is 7.29. The van der Waals surface area contributed by atoms with Crippen LogP contribution < -0.4 is 0 Å². The van der Waals surface area contributed by atoms with Crippen LogP contribution in [0.4, 0.5) is 0 Å². The predicted molar refractivity (Wildman–Crippen MR) is 63.3 cm³/mol. The van der Waals surface area contributed by atoms with Crippen molar-refractivity contribution in [2.75, 3.05) is 14.1 Å². The number of aliphatic hydroxyl groups excluding tert-OH is 1. The van der Waals surface area contributed by atoms with Crippen LogP contribution in [0.2, 0.25) is 0 Å². The van der Waals surface area contributed by atoms with Crippen molar-refractivity contribution in [1.29, 1.82) is 0 Å². The molecule has 0 aromatic heterocycles. The van der Waals surface area contributed by atoms with E-state index in [1.165, 1.54) is 4.90 Å². The molecule has 1 N–H and O–H groups in total. The van der Waals surface area contributed by atoms with E-state index in [1.54, 1.807) is 14.1 Å². The highest BCUT2D eigenvalue weighted by molar-refractivity contribution is 6.33. The van der Waals surface area contributed by atoms with Crippen molar-refractivity contribution in [2.45, 2.75) is 19.3 Å². The summed E-state index contributed by atoms with van der Waals surface area (Å²) in [6.07, 6.45) is 4.85. The summed E-state index contributed by atoms with van der Waals surface area (Å²) >= 11 is 5.77. The molecule has 0 fully saturated rings. The molecule has 5 heteroatoms. The summed E-state index contributed by atoms with van der Waals surface area (Å²) in [4.78, 5) is 21.3. The molecule has 0 aromatic rings. The van der Waals surface area contributed by atoms with Crippen molar-refractivity contribution < 1.29 is 14.7 Å². The highest BCUT2D eigenvalue weighted by atomic mass is 35.5. The number of nitrogens with zero attached hydrogens (tertiary/aromatic N) is 1. The second kappa shape index (κ2) is 7.93. The summed E-state index contributed by atoms with van der Waals surface area (Å²) in [6, 6.07) is 0. The number of rotatable bonds is 2. The lowest BCUT2D eigenvalue weighted by Gasteiger charge is -2.13. The molecule has 1 aliphatic carbocycles. The van der Waals surface area contributed by atoms with Crippen molar-refractivity contribution >= 4 is 24.3 Å². The minimum atomic E-state index is 0.425. The van der Waals surface area contributed by atoms with Gasteiger partial charge in [-0.3, -0.25) is 9.59 Å². The first kappa shape index (κ1) is 14.7. The summed E-state index contributed by atoms with van der Waals surface area (Å²) < 4.78 is 0. The maximum absolute atomic E-state index is 10.4. The van der Waals surface area contributed by atoms with Crippen LogP contribution in [0.25, 0.3) is 0 Å². The number of hydrogen-bond acceptors (Lipinski definition) is 3. The number of allylic oxidation sites excluding steroid dienone is 3. The Bertz CT molecular complexity index is 308. The van der Waals surface area contributed by atoms with Crippen LogP contribution >= 0.6 is 11.6 Å². The van der Waals surface area contributed by atoms with E-state index in [0.717, 1.165) is 38.2 Å². The number of carbonyl (C=O) groups is 2. The first-order valence-corrected chi connectivity index (χ1v) is 5.23. The van der Waals surface area contributed by atoms with Gasteiger partial charge in [0, 0.05) is 25.2 Å². The molecule has 1 aliphatic rings. The lowest BCUT2D eigenvalue weighted by molar-refractivity contribution is -0.115. The SMILES string of the molecule is CN(C)C=O.O=CC1=C(Cl)/C(=C\O)CCC1. The maximum Gasteiger partial charge on any atom is 0.209 e. The highest BCUT2D eigenvalue weighted by Gasteiger charge is 2.14. The third-order valence-corrected chi connectivity index (χ3v) is 2.45. The molecule has 1 rings (SSSR count). The molecular formula is C11H16ClNO3. The van der Waals surface area contributed by atoms with E-state index in [4.69, 9.17) is 16.7 Å². The maximum atomic E-state index is 10.4. The largest absolute Gasteiger partial charge is 0.515 e. The third kappa shape index (κ3) is 4.98. The zero-order valence-corrected chi connectivity index (χ0v) is 10.2. The molecule has 16 heavy (non-hydrogen) atoms. The van der Waals surface area contributed by atoms with E-state index >= 15 is 0 Å². The van der Waals surface area contributed by atoms with Crippen molar-refractivity contribution in [3.8, 4) is 0 Å². The Balaban J connectivity index is 0.000000385. The van der Waals surface area contributed by atoms with Gasteiger partial charge in [0.05, 0.1) is 11.3 Å². The van der Waals surface area contributed by atoms with Gasteiger partial charge in [-0.1, -0.05) is 11.6 Å². The molecule has 0 saturated heterocycles. The number of aliphatic hydroxyl groups is 1. The van der Waals surface area contributed by atoms with E-state index in [0.29, 0.717) is 16.2 Å². The Morgan fingerprint density at radius 2 is 1.88 bits per heavy atom. The van der Waals surface area contributed by atoms with Crippen LogP contribution in [0.3, 0.4) is 0 Å². The van der Waals surface area contributed by atoms with Crippen molar-refractivity contribution in [3.63, 3.8) is 0 Å². The first-order chi connectivity index (χ1) is 7.56. The summed E-state index contributed by atoms with van der Waals surface area (Å²) in [7, 11) is 3.38. The molecule has 0 saturated carbocycles. The quantitative estimate of drug-likeness (QED) is 0.598. The second-order valence-electron chi connectivity index (χ2n) is 3.53. The summed E-state index contributed by atoms with van der Waals surface area (Å²) in [6.45, 7) is 0. The average molecular weight is 246 g/mol. The molecule has 1 amide bonds. The average Bonchev–Trinajstić information content (AvgIpc) is 2.30. The number of halogens is 1. The number of carbonyl (C=O) groups excluding carboxylic acids is 2. The van der Waals surface area contributed by atoms with E-state index in [-0.39, 0.29) is 0 Å². The van der Waals surface area contributed by atoms with Gasteiger partial charge in [-0.2, -0.15) is 0 Å². The van der Waals surface area contributed by atoms with Crippen molar-refractivity contribution in [1.82, 2.24) is 4.90 Å². The molecule has 4 nitrogen and oxygen atoms in total. The summed E-state index contributed by atoms with van der Waals surface area (Å²) in [5, 5.41) is 9.10. The minimum absolute atomic E-state index is 0.425. The van der Waals surface area contributed by atoms with Gasteiger partial charge in [0.25, 0.3) is 0 Å². The van der Waals surface area contributed by atoms with E-state index < -0.39 is 0 Å². The fraction of sp³-hybridized carbons (Fsp3) is 0.455. The fourth-order valence-electron chi connectivity index (χ4n) is 1.13. The Morgan fingerprint density at radius 1 is 1.31 bits per heavy atom. The second-order valence-corrected chi connectivity index (χ2v) is 3.91. The molecule has 0 spiro atoms. The van der Waals surface area contributed by atoms with Crippen molar-refractivity contribution in [3.05, 3.63) is 22.4 Å². The van der Waals surface area contributed by atoms with E-state index in [1.807, 2.05) is 0 Å². The van der Waals surface area contributed by atoms with E-state index in [9.17, 15) is 9.59 Å². The molecule has 0 aromatic carbocycles. The molecular weight excluding hydrogens is 230 g/mol. The monoisotopic (exact) mass is 245 g/mol. The van der Waals surface area contributed by atoms with Gasteiger partial charge < -0.3 is 10.0 Å². The standard InChI is InChI=1S/C8H9ClO2.C3H7NO/c9-8-6(4-10)2-1-3-7(8)5-11;1-4(2)3-5/h4-5,10H,1-3H2;3H,1-2H3/b6-4-;. The third-order valence-electron chi connectivity index (χ3n) is 1.96. The molecule has 0 heterocycles. The van der Waals surface area contributed by atoms with Gasteiger partial charge in [-0.15, -0.1) is 0 Å². The van der Waals surface area contributed by atoms with Crippen LogP contribution in [0, 0.1) is 0 Å². The predicted octanol–water partition coefficient (Wildman–Crippen LogP) is 2.01. The zero-order chi connectivity index (χ0) is 12.6. The molecule has 0 atom stereocenters. The van der Waals surface area contributed by atoms with Gasteiger partial charge in [-0.25, -0.2) is 0 Å². The molecule has 90 valence electrons. The Hall–Kier alpha value is -1.29. The normalized spacial score (nSPS) is 17.6. The number of amides is 1. The summed E-state index contributed by atoms with van der Waals surface area (Å²) in [5.41, 5.74) is 1.26. The number of hydrogen-bond donors (Lipinski definition) is 1.